The van der Waals surface area contributed by atoms with Crippen molar-refractivity contribution < 1.29 is 4.39 Å². The van der Waals surface area contributed by atoms with Gasteiger partial charge >= 0.3 is 0 Å². The Bertz CT molecular complexity index is 352. The van der Waals surface area contributed by atoms with Crippen LogP contribution in [-0.2, 0) is 0 Å². The minimum atomic E-state index is -0.219. The molecule has 1 N–H and O–H groups in total. The monoisotopic (exact) mass is 247 g/mol. The Morgan fingerprint density at radius 2 is 2.20 bits per heavy atom. The first-order chi connectivity index (χ1) is 7.15. The molecule has 0 saturated heterocycles. The maximum absolute atomic E-state index is 13.3. The van der Waals surface area contributed by atoms with Crippen LogP contribution in [0.2, 0.25) is 0 Å². The zero-order chi connectivity index (χ0) is 11.3. The van der Waals surface area contributed by atoms with E-state index in [1.807, 2.05) is 6.92 Å². The van der Waals surface area contributed by atoms with Gasteiger partial charge in [-0.15, -0.1) is 0 Å². The second-order valence-electron chi connectivity index (χ2n) is 3.18. The van der Waals surface area contributed by atoms with Crippen molar-refractivity contribution in [1.82, 2.24) is 5.32 Å². The zero-order valence-corrected chi connectivity index (χ0v) is 9.82. The highest BCUT2D eigenvalue weighted by atomic mass is 35.5. The summed E-state index contributed by atoms with van der Waals surface area (Å²) < 4.78 is 13.3. The third kappa shape index (κ3) is 3.82. The van der Waals surface area contributed by atoms with E-state index in [1.165, 1.54) is 11.6 Å². The Morgan fingerprint density at radius 1 is 1.53 bits per heavy atom. The van der Waals surface area contributed by atoms with E-state index in [-0.39, 0.29) is 11.9 Å². The molecule has 15 heavy (non-hydrogen) atoms. The van der Waals surface area contributed by atoms with E-state index < -0.39 is 0 Å². The van der Waals surface area contributed by atoms with Gasteiger partial charge in [0.05, 0.1) is 0 Å². The predicted molar refractivity (Wildman–Crippen MR) is 62.6 cm³/mol. The number of nitrogens with one attached hydrogen (secondary N) is 1. The Kier molecular flexibility index (Phi) is 5.09. The molecule has 0 fully saturated rings. The summed E-state index contributed by atoms with van der Waals surface area (Å²) >= 11 is 11.1. The van der Waals surface area contributed by atoms with Crippen molar-refractivity contribution in [3.63, 3.8) is 0 Å². The molecule has 1 unspecified atom stereocenters. The molecule has 0 aromatic heterocycles. The van der Waals surface area contributed by atoms with E-state index in [2.05, 4.69) is 5.32 Å². The standard InChI is InChI=1S/C11H12Cl2FN/c1-8(15-7-9(13)6-12)10-4-2-3-5-11(10)14/h2-6,8,15H,7H2,1H3. The summed E-state index contributed by atoms with van der Waals surface area (Å²) in [7, 11) is 0. The fraction of sp³-hybridized carbons (Fsp3) is 0.273. The average Bonchev–Trinajstić information content (AvgIpc) is 2.26. The topological polar surface area (TPSA) is 12.0 Å². The van der Waals surface area contributed by atoms with Crippen molar-refractivity contribution >= 4 is 23.2 Å². The van der Waals surface area contributed by atoms with Crippen LogP contribution in [0.5, 0.6) is 0 Å². The van der Waals surface area contributed by atoms with Gasteiger partial charge in [-0.05, 0) is 13.0 Å². The Labute approximate surface area is 98.9 Å². The molecular weight excluding hydrogens is 236 g/mol. The Balaban J connectivity index is 2.61. The first-order valence-corrected chi connectivity index (χ1v) is 5.39. The van der Waals surface area contributed by atoms with Crippen LogP contribution in [0.1, 0.15) is 18.5 Å². The van der Waals surface area contributed by atoms with Crippen LogP contribution in [0, 0.1) is 5.82 Å². The first-order valence-electron chi connectivity index (χ1n) is 4.57. The fourth-order valence-electron chi connectivity index (χ4n) is 1.23. The van der Waals surface area contributed by atoms with Crippen molar-refractivity contribution in [2.45, 2.75) is 13.0 Å². The molecule has 1 nitrogen and oxygen atoms in total. The van der Waals surface area contributed by atoms with Gasteiger partial charge in [0, 0.05) is 28.7 Å². The molecular formula is C11H12Cl2FN. The van der Waals surface area contributed by atoms with Gasteiger partial charge in [0.1, 0.15) is 5.82 Å². The molecule has 4 heteroatoms. The summed E-state index contributed by atoms with van der Waals surface area (Å²) in [6.07, 6.45) is 0. The first kappa shape index (κ1) is 12.5. The van der Waals surface area contributed by atoms with Crippen LogP contribution < -0.4 is 5.32 Å². The third-order valence-electron chi connectivity index (χ3n) is 2.07. The molecule has 0 spiro atoms. The fourth-order valence-corrected chi connectivity index (χ4v) is 1.38. The van der Waals surface area contributed by atoms with Crippen LogP contribution >= 0.6 is 23.2 Å². The molecule has 1 atom stereocenters. The smallest absolute Gasteiger partial charge is 0.127 e. The second kappa shape index (κ2) is 6.11. The summed E-state index contributed by atoms with van der Waals surface area (Å²) in [6, 6.07) is 6.54. The van der Waals surface area contributed by atoms with Gasteiger partial charge in [-0.25, -0.2) is 4.39 Å². The highest BCUT2D eigenvalue weighted by Crippen LogP contribution is 2.16. The molecule has 0 aliphatic rings. The van der Waals surface area contributed by atoms with Crippen molar-refractivity contribution in [3.8, 4) is 0 Å². The van der Waals surface area contributed by atoms with Crippen LogP contribution in [0.3, 0.4) is 0 Å². The molecule has 0 aliphatic carbocycles. The predicted octanol–water partition coefficient (Wildman–Crippen LogP) is 3.80. The quantitative estimate of drug-likeness (QED) is 0.854. The minimum Gasteiger partial charge on any atom is -0.305 e. The van der Waals surface area contributed by atoms with Crippen molar-refractivity contribution in [3.05, 3.63) is 46.2 Å². The van der Waals surface area contributed by atoms with Crippen LogP contribution in [0.15, 0.2) is 34.8 Å². The number of hydrogen-bond acceptors (Lipinski definition) is 1. The highest BCUT2D eigenvalue weighted by Gasteiger charge is 2.09. The molecule has 1 rings (SSSR count). The van der Waals surface area contributed by atoms with Crippen molar-refractivity contribution in [1.29, 1.82) is 0 Å². The van der Waals surface area contributed by atoms with Gasteiger partial charge in [-0.2, -0.15) is 0 Å². The lowest BCUT2D eigenvalue weighted by Gasteiger charge is -2.14. The summed E-state index contributed by atoms with van der Waals surface area (Å²) in [5.41, 5.74) is 1.92. The van der Waals surface area contributed by atoms with E-state index in [4.69, 9.17) is 23.2 Å². The SMILES string of the molecule is CC(NCC(Cl)=CCl)c1ccccc1F. The third-order valence-corrected chi connectivity index (χ3v) is 2.69. The second-order valence-corrected chi connectivity index (χ2v) is 3.88. The molecule has 0 heterocycles. The molecule has 0 saturated carbocycles. The molecule has 0 amide bonds. The number of hydrogen-bond donors (Lipinski definition) is 1. The lowest BCUT2D eigenvalue weighted by atomic mass is 10.1. The van der Waals surface area contributed by atoms with Crippen molar-refractivity contribution in [2.24, 2.45) is 0 Å². The zero-order valence-electron chi connectivity index (χ0n) is 8.31. The van der Waals surface area contributed by atoms with Crippen molar-refractivity contribution in [2.75, 3.05) is 6.54 Å². The molecule has 0 radical (unpaired) electrons. The maximum atomic E-state index is 13.3. The van der Waals surface area contributed by atoms with E-state index in [0.29, 0.717) is 17.1 Å². The van der Waals surface area contributed by atoms with Gasteiger partial charge in [0.25, 0.3) is 0 Å². The molecule has 1 aromatic rings. The van der Waals surface area contributed by atoms with Crippen LogP contribution in [0.4, 0.5) is 4.39 Å². The summed E-state index contributed by atoms with van der Waals surface area (Å²) in [6.45, 7) is 2.30. The highest BCUT2D eigenvalue weighted by molar-refractivity contribution is 6.36. The van der Waals surface area contributed by atoms with E-state index in [9.17, 15) is 4.39 Å². The Hall–Kier alpha value is -0.570. The largest absolute Gasteiger partial charge is 0.305 e. The number of benzene rings is 1. The van der Waals surface area contributed by atoms with Gasteiger partial charge in [0.2, 0.25) is 0 Å². The van der Waals surface area contributed by atoms with E-state index >= 15 is 0 Å². The molecule has 1 aromatic carbocycles. The summed E-state index contributed by atoms with van der Waals surface area (Å²) in [4.78, 5) is 0. The molecule has 0 bridgehead atoms. The van der Waals surface area contributed by atoms with Gasteiger partial charge in [0.15, 0.2) is 0 Å². The Morgan fingerprint density at radius 3 is 2.80 bits per heavy atom. The lowest BCUT2D eigenvalue weighted by molar-refractivity contribution is 0.548. The average molecular weight is 248 g/mol. The molecule has 0 aliphatic heterocycles. The van der Waals surface area contributed by atoms with Crippen LogP contribution in [0.25, 0.3) is 0 Å². The van der Waals surface area contributed by atoms with Crippen LogP contribution in [-0.4, -0.2) is 6.54 Å². The molecule has 82 valence electrons. The van der Waals surface area contributed by atoms with Gasteiger partial charge in [-0.1, -0.05) is 41.4 Å². The normalized spacial score (nSPS) is 14.0. The number of halogens is 3. The maximum Gasteiger partial charge on any atom is 0.127 e. The number of rotatable bonds is 4. The summed E-state index contributed by atoms with van der Waals surface area (Å²) in [5, 5.41) is 3.57. The lowest BCUT2D eigenvalue weighted by Crippen LogP contribution is -2.20. The minimum absolute atomic E-state index is 0.100. The van der Waals surface area contributed by atoms with E-state index in [1.54, 1.807) is 18.2 Å². The van der Waals surface area contributed by atoms with Gasteiger partial charge in [-0.3, -0.25) is 0 Å². The summed E-state index contributed by atoms with van der Waals surface area (Å²) in [5.74, 6) is -0.219. The van der Waals surface area contributed by atoms with Gasteiger partial charge < -0.3 is 5.32 Å². The van der Waals surface area contributed by atoms with E-state index in [0.717, 1.165) is 0 Å².